The first-order valence-corrected chi connectivity index (χ1v) is 7.52. The second kappa shape index (κ2) is 6.02. The molecule has 2 aromatic rings. The second-order valence-corrected chi connectivity index (χ2v) is 5.45. The quantitative estimate of drug-likeness (QED) is 0.813. The fourth-order valence-corrected chi connectivity index (χ4v) is 3.05. The van der Waals surface area contributed by atoms with Crippen molar-refractivity contribution in [3.63, 3.8) is 0 Å². The molecule has 1 aromatic heterocycles. The van der Waals surface area contributed by atoms with Crippen molar-refractivity contribution in [1.29, 1.82) is 0 Å². The lowest BCUT2D eigenvalue weighted by atomic mass is 10.0. The molecule has 1 aliphatic heterocycles. The molecule has 2 heterocycles. The van der Waals surface area contributed by atoms with E-state index in [1.165, 1.54) is 6.42 Å². The van der Waals surface area contributed by atoms with E-state index < -0.39 is 0 Å². The van der Waals surface area contributed by atoms with Gasteiger partial charge in [-0.25, -0.2) is 4.98 Å². The smallest absolute Gasteiger partial charge is 0.146 e. The van der Waals surface area contributed by atoms with Gasteiger partial charge in [0.25, 0.3) is 0 Å². The van der Waals surface area contributed by atoms with Crippen molar-refractivity contribution >= 4 is 22.6 Å². The first-order chi connectivity index (χ1) is 9.83. The van der Waals surface area contributed by atoms with Gasteiger partial charge < -0.3 is 14.0 Å². The summed E-state index contributed by atoms with van der Waals surface area (Å²) in [4.78, 5) is 4.63. The number of nitrogens with zero attached hydrogens (tertiary/aromatic N) is 2. The Morgan fingerprint density at radius 3 is 3.10 bits per heavy atom. The molecule has 1 saturated heterocycles. The van der Waals surface area contributed by atoms with Gasteiger partial charge in [-0.2, -0.15) is 0 Å². The highest BCUT2D eigenvalue weighted by Gasteiger charge is 2.19. The van der Waals surface area contributed by atoms with E-state index >= 15 is 0 Å². The maximum atomic E-state index is 6.06. The summed E-state index contributed by atoms with van der Waals surface area (Å²) in [7, 11) is 1.67. The summed E-state index contributed by atoms with van der Waals surface area (Å²) in [5, 5.41) is 0. The number of hydrogen-bond acceptors (Lipinski definition) is 3. The number of alkyl halides is 1. The largest absolute Gasteiger partial charge is 0.494 e. The summed E-state index contributed by atoms with van der Waals surface area (Å²) >= 11 is 6.06. The molecule has 3 rings (SSSR count). The van der Waals surface area contributed by atoms with E-state index in [4.69, 9.17) is 21.1 Å². The van der Waals surface area contributed by atoms with Crippen molar-refractivity contribution in [3.05, 3.63) is 24.0 Å². The third-order valence-corrected chi connectivity index (χ3v) is 4.09. The molecule has 1 aromatic carbocycles. The standard InChI is InChI=1S/C15H19ClN2O2/c1-19-13-6-2-5-12-15(13)17-14(8-16)18(12)9-11-4-3-7-20-10-11/h2,5-6,11H,3-4,7-10H2,1H3. The van der Waals surface area contributed by atoms with Crippen LogP contribution in [0.1, 0.15) is 18.7 Å². The lowest BCUT2D eigenvalue weighted by Crippen LogP contribution is -2.22. The molecule has 0 radical (unpaired) electrons. The van der Waals surface area contributed by atoms with E-state index in [2.05, 4.69) is 15.6 Å². The average molecular weight is 295 g/mol. The molecule has 0 bridgehead atoms. The fourth-order valence-electron chi connectivity index (χ4n) is 2.85. The van der Waals surface area contributed by atoms with Crippen LogP contribution in [0.2, 0.25) is 0 Å². The number of para-hydroxylation sites is 1. The highest BCUT2D eigenvalue weighted by molar-refractivity contribution is 6.16. The van der Waals surface area contributed by atoms with Gasteiger partial charge in [0.15, 0.2) is 0 Å². The molecule has 108 valence electrons. The molecule has 20 heavy (non-hydrogen) atoms. The lowest BCUT2D eigenvalue weighted by molar-refractivity contribution is 0.0485. The summed E-state index contributed by atoms with van der Waals surface area (Å²) in [6, 6.07) is 6.00. The average Bonchev–Trinajstić information content (AvgIpc) is 2.86. The summed E-state index contributed by atoms with van der Waals surface area (Å²) in [5.41, 5.74) is 1.98. The monoisotopic (exact) mass is 294 g/mol. The van der Waals surface area contributed by atoms with Crippen molar-refractivity contribution in [2.24, 2.45) is 5.92 Å². The molecule has 0 amide bonds. The molecule has 5 heteroatoms. The minimum Gasteiger partial charge on any atom is -0.494 e. The van der Waals surface area contributed by atoms with E-state index in [0.29, 0.717) is 11.8 Å². The third kappa shape index (κ3) is 2.50. The van der Waals surface area contributed by atoms with Crippen LogP contribution in [0.15, 0.2) is 18.2 Å². The SMILES string of the molecule is COc1cccc2c1nc(CCl)n2CC1CCCOC1. The molecule has 0 aliphatic carbocycles. The van der Waals surface area contributed by atoms with Gasteiger partial charge in [-0.3, -0.25) is 0 Å². The lowest BCUT2D eigenvalue weighted by Gasteiger charge is -2.23. The van der Waals surface area contributed by atoms with Gasteiger partial charge in [-0.15, -0.1) is 11.6 Å². The Hall–Kier alpha value is -1.26. The molecule has 1 aliphatic rings. The Bertz CT molecular complexity index is 591. The van der Waals surface area contributed by atoms with Crippen LogP contribution < -0.4 is 4.74 Å². The molecular formula is C15H19ClN2O2. The number of benzene rings is 1. The predicted octanol–water partition coefficient (Wildman–Crippen LogP) is 3.21. The van der Waals surface area contributed by atoms with Crippen molar-refractivity contribution in [2.75, 3.05) is 20.3 Å². The number of imidazole rings is 1. The molecule has 1 fully saturated rings. The van der Waals surface area contributed by atoms with Crippen LogP contribution in [0.5, 0.6) is 5.75 Å². The van der Waals surface area contributed by atoms with Crippen LogP contribution in [0.4, 0.5) is 0 Å². The van der Waals surface area contributed by atoms with Gasteiger partial charge in [0.1, 0.15) is 17.1 Å². The van der Waals surface area contributed by atoms with Gasteiger partial charge in [0.05, 0.1) is 25.1 Å². The van der Waals surface area contributed by atoms with Crippen molar-refractivity contribution < 1.29 is 9.47 Å². The Balaban J connectivity index is 1.99. The first-order valence-electron chi connectivity index (χ1n) is 6.99. The number of fused-ring (bicyclic) bond motifs is 1. The molecular weight excluding hydrogens is 276 g/mol. The molecule has 0 saturated carbocycles. The molecule has 1 atom stereocenters. The van der Waals surface area contributed by atoms with Crippen molar-refractivity contribution in [3.8, 4) is 5.75 Å². The second-order valence-electron chi connectivity index (χ2n) is 5.18. The third-order valence-electron chi connectivity index (χ3n) is 3.86. The highest BCUT2D eigenvalue weighted by atomic mass is 35.5. The topological polar surface area (TPSA) is 36.3 Å². The van der Waals surface area contributed by atoms with E-state index in [9.17, 15) is 0 Å². The number of hydrogen-bond donors (Lipinski definition) is 0. The van der Waals surface area contributed by atoms with Gasteiger partial charge in [0.2, 0.25) is 0 Å². The molecule has 0 spiro atoms. The van der Waals surface area contributed by atoms with Gasteiger partial charge >= 0.3 is 0 Å². The number of halogens is 1. The number of methoxy groups -OCH3 is 1. The summed E-state index contributed by atoms with van der Waals surface area (Å²) < 4.78 is 13.2. The Morgan fingerprint density at radius 1 is 1.50 bits per heavy atom. The number of ether oxygens (including phenoxy) is 2. The Kier molecular flexibility index (Phi) is 4.13. The van der Waals surface area contributed by atoms with Crippen LogP contribution in [0.3, 0.4) is 0 Å². The minimum absolute atomic E-state index is 0.408. The van der Waals surface area contributed by atoms with Crippen molar-refractivity contribution in [2.45, 2.75) is 25.3 Å². The van der Waals surface area contributed by atoms with Gasteiger partial charge in [-0.1, -0.05) is 6.07 Å². The van der Waals surface area contributed by atoms with Crippen LogP contribution in [0.25, 0.3) is 11.0 Å². The Labute approximate surface area is 123 Å². The highest BCUT2D eigenvalue weighted by Crippen LogP contribution is 2.28. The van der Waals surface area contributed by atoms with Crippen LogP contribution in [-0.4, -0.2) is 29.9 Å². The van der Waals surface area contributed by atoms with Crippen LogP contribution >= 0.6 is 11.6 Å². The minimum atomic E-state index is 0.408. The Morgan fingerprint density at radius 2 is 2.40 bits per heavy atom. The predicted molar refractivity (Wildman–Crippen MR) is 79.4 cm³/mol. The summed E-state index contributed by atoms with van der Waals surface area (Å²) in [6.07, 6.45) is 2.34. The molecule has 0 N–H and O–H groups in total. The molecule has 1 unspecified atom stereocenters. The van der Waals surface area contributed by atoms with E-state index in [1.807, 2.05) is 12.1 Å². The number of rotatable bonds is 4. The maximum Gasteiger partial charge on any atom is 0.146 e. The normalized spacial score (nSPS) is 19.4. The van der Waals surface area contributed by atoms with Gasteiger partial charge in [-0.05, 0) is 25.0 Å². The van der Waals surface area contributed by atoms with E-state index in [0.717, 1.165) is 48.8 Å². The summed E-state index contributed by atoms with van der Waals surface area (Å²) in [5.74, 6) is 2.64. The zero-order valence-electron chi connectivity index (χ0n) is 11.6. The van der Waals surface area contributed by atoms with Gasteiger partial charge in [0, 0.05) is 19.1 Å². The van der Waals surface area contributed by atoms with E-state index in [1.54, 1.807) is 7.11 Å². The molecule has 4 nitrogen and oxygen atoms in total. The van der Waals surface area contributed by atoms with E-state index in [-0.39, 0.29) is 0 Å². The zero-order valence-corrected chi connectivity index (χ0v) is 12.4. The van der Waals surface area contributed by atoms with Crippen LogP contribution in [0, 0.1) is 5.92 Å². The number of aromatic nitrogens is 2. The van der Waals surface area contributed by atoms with Crippen molar-refractivity contribution in [1.82, 2.24) is 9.55 Å². The maximum absolute atomic E-state index is 6.06. The first kappa shape index (κ1) is 13.7. The van der Waals surface area contributed by atoms with Crippen LogP contribution in [-0.2, 0) is 17.2 Å². The summed E-state index contributed by atoms with van der Waals surface area (Å²) in [6.45, 7) is 2.62. The fraction of sp³-hybridized carbons (Fsp3) is 0.533. The zero-order chi connectivity index (χ0) is 13.9.